The van der Waals surface area contributed by atoms with Gasteiger partial charge in [0.2, 0.25) is 0 Å². The Morgan fingerprint density at radius 2 is 1.19 bits per heavy atom. The van der Waals surface area contributed by atoms with Crippen LogP contribution >= 0.6 is 0 Å². The minimum atomic E-state index is -2.12. The van der Waals surface area contributed by atoms with E-state index in [1.807, 2.05) is 6.92 Å². The Morgan fingerprint density at radius 1 is 0.781 bits per heavy atom. The first-order chi connectivity index (χ1) is 15.8. The molecule has 0 heterocycles. The molecule has 0 aliphatic heterocycles. The maximum atomic E-state index is 10.3. The second-order valence-corrected chi connectivity index (χ2v) is 7.78. The Balaban J connectivity index is 5.22. The van der Waals surface area contributed by atoms with E-state index >= 15 is 0 Å². The molecule has 0 amide bonds. The lowest BCUT2D eigenvalue weighted by Gasteiger charge is -2.33. The summed E-state index contributed by atoms with van der Waals surface area (Å²) in [5.41, 5.74) is 5.63. The molecule has 0 bridgehead atoms. The molecular weight excluding hydrogens is 430 g/mol. The van der Waals surface area contributed by atoms with Crippen molar-refractivity contribution >= 4 is 0 Å². The van der Waals surface area contributed by atoms with E-state index in [2.05, 4.69) is 5.32 Å². The molecule has 0 fully saturated rings. The van der Waals surface area contributed by atoms with Gasteiger partial charge in [-0.1, -0.05) is 6.92 Å². The highest BCUT2D eigenvalue weighted by Crippen LogP contribution is 2.11. The Hall–Kier alpha value is -0.520. The largest absolute Gasteiger partial charge is 0.394 e. The molecule has 0 aromatic heterocycles. The van der Waals surface area contributed by atoms with E-state index in [9.17, 15) is 40.9 Å². The molecule has 0 aliphatic rings. The van der Waals surface area contributed by atoms with Crippen LogP contribution in [0.2, 0.25) is 0 Å². The van der Waals surface area contributed by atoms with Crippen LogP contribution in [0, 0.1) is 0 Å². The molecule has 3 unspecified atom stereocenters. The third-order valence-electron chi connectivity index (χ3n) is 5.25. The van der Waals surface area contributed by atoms with Crippen LogP contribution in [-0.2, 0) is 0 Å². The normalized spacial score (nSPS) is 23.8. The van der Waals surface area contributed by atoms with Gasteiger partial charge in [0.15, 0.2) is 0 Å². The van der Waals surface area contributed by atoms with Gasteiger partial charge in [0.1, 0.15) is 36.6 Å². The molecule has 0 aliphatic carbocycles. The summed E-state index contributed by atoms with van der Waals surface area (Å²) in [5, 5.41) is 101. The fourth-order valence-corrected chi connectivity index (χ4v) is 3.04. The van der Waals surface area contributed by atoms with Crippen LogP contribution in [0.5, 0.6) is 0 Å². The standard InChI is InChI=1S/C19H43N3O10/c1-2-11(6-20)21-4-3-5-22(7-12(25)16(29)18(31)14(27)9-23)8-13(26)17(30)19(32)15(28)10-24/h11-19,21,23-32H,2-10,20H2,1H3/t11?,12-,13-,14+,15+,16+,17+,18+,19+/m0/s1/i9D,10D/t9?,10?,11?,12-,13-,14+,15+,16+,17+,18+,19+. The van der Waals surface area contributed by atoms with Crippen molar-refractivity contribution in [2.75, 3.05) is 45.9 Å². The number of hydrogen-bond acceptors (Lipinski definition) is 13. The van der Waals surface area contributed by atoms with Gasteiger partial charge >= 0.3 is 0 Å². The highest BCUT2D eigenvalue weighted by Gasteiger charge is 2.34. The minimum absolute atomic E-state index is 0.0779. The van der Waals surface area contributed by atoms with Crippen molar-refractivity contribution in [1.29, 1.82) is 0 Å². The summed E-state index contributed by atoms with van der Waals surface area (Å²) in [6.45, 7) is -1.99. The Kier molecular flexibility index (Phi) is 14.7. The zero-order valence-electron chi connectivity index (χ0n) is 20.3. The van der Waals surface area contributed by atoms with Crippen molar-refractivity contribution in [2.24, 2.45) is 5.73 Å². The summed E-state index contributed by atoms with van der Waals surface area (Å²) < 4.78 is 14.0. The van der Waals surface area contributed by atoms with Gasteiger partial charge in [0.25, 0.3) is 0 Å². The fraction of sp³-hybridized carbons (Fsp3) is 1.00. The molecule has 0 spiro atoms. The first-order valence-electron chi connectivity index (χ1n) is 11.7. The summed E-state index contributed by atoms with van der Waals surface area (Å²) in [6.07, 6.45) is -14.3. The van der Waals surface area contributed by atoms with Gasteiger partial charge < -0.3 is 62.1 Å². The maximum absolute atomic E-state index is 10.3. The molecule has 11 atom stereocenters. The number of hydrogen-bond donors (Lipinski definition) is 12. The third kappa shape index (κ3) is 11.1. The summed E-state index contributed by atoms with van der Waals surface area (Å²) >= 11 is 0. The lowest BCUT2D eigenvalue weighted by atomic mass is 10.0. The molecule has 0 rings (SSSR count). The molecule has 0 saturated heterocycles. The van der Waals surface area contributed by atoms with E-state index in [0.29, 0.717) is 19.5 Å². The van der Waals surface area contributed by atoms with Gasteiger partial charge in [0.05, 0.1) is 28.1 Å². The van der Waals surface area contributed by atoms with Crippen molar-refractivity contribution in [1.82, 2.24) is 10.2 Å². The molecule has 13 nitrogen and oxygen atoms in total. The number of nitrogens with zero attached hydrogens (tertiary/aromatic N) is 1. The number of nitrogens with two attached hydrogens (primary N) is 1. The van der Waals surface area contributed by atoms with Crippen LogP contribution in [0.1, 0.15) is 22.5 Å². The van der Waals surface area contributed by atoms with Gasteiger partial charge in [-0.3, -0.25) is 4.90 Å². The second-order valence-electron chi connectivity index (χ2n) is 7.78. The van der Waals surface area contributed by atoms with Crippen LogP contribution < -0.4 is 11.1 Å². The van der Waals surface area contributed by atoms with Gasteiger partial charge in [-0.05, 0) is 25.9 Å². The van der Waals surface area contributed by atoms with Crippen molar-refractivity contribution in [3.63, 3.8) is 0 Å². The predicted molar refractivity (Wildman–Crippen MR) is 114 cm³/mol. The Labute approximate surface area is 191 Å². The SMILES string of the molecule is [2H]C(O)[C@@H](O)[C@@H](O)[C@H](O)[C@@H](O)CN(CCCNC(CC)CN)C[C@H](O)[C@@H](O)[C@H](O)[C@H](O)C([2H])O. The molecule has 0 aromatic carbocycles. The molecule has 0 radical (unpaired) electrons. The zero-order chi connectivity index (χ0) is 26.6. The average molecular weight is 476 g/mol. The smallest absolute Gasteiger partial charge is 0.111 e. The predicted octanol–water partition coefficient (Wildman–Crippen LogP) is -6.12. The highest BCUT2D eigenvalue weighted by molar-refractivity contribution is 4.86. The number of nitrogens with one attached hydrogen (secondary N) is 1. The number of rotatable bonds is 19. The maximum Gasteiger partial charge on any atom is 0.111 e. The van der Waals surface area contributed by atoms with Gasteiger partial charge in [-0.25, -0.2) is 0 Å². The van der Waals surface area contributed by atoms with E-state index in [0.717, 1.165) is 6.42 Å². The van der Waals surface area contributed by atoms with E-state index in [1.165, 1.54) is 4.90 Å². The van der Waals surface area contributed by atoms with Crippen LogP contribution in [0.3, 0.4) is 0 Å². The Bertz CT molecular complexity index is 491. The second kappa shape index (κ2) is 17.0. The Morgan fingerprint density at radius 3 is 1.53 bits per heavy atom. The molecule has 13 heteroatoms. The van der Waals surface area contributed by atoms with Crippen molar-refractivity contribution in [3.05, 3.63) is 0 Å². The molecule has 194 valence electrons. The average Bonchev–Trinajstić information content (AvgIpc) is 2.80. The van der Waals surface area contributed by atoms with Crippen LogP contribution in [-0.4, -0.2) is 157 Å². The van der Waals surface area contributed by atoms with Crippen LogP contribution in [0.15, 0.2) is 0 Å². The van der Waals surface area contributed by atoms with Crippen molar-refractivity contribution in [3.8, 4) is 0 Å². The first kappa shape index (κ1) is 27.7. The monoisotopic (exact) mass is 475 g/mol. The van der Waals surface area contributed by atoms with E-state index in [-0.39, 0.29) is 12.6 Å². The molecule has 0 saturated carbocycles. The molecular formula is C19H43N3O10. The van der Waals surface area contributed by atoms with E-state index in [1.54, 1.807) is 0 Å². The van der Waals surface area contributed by atoms with Crippen molar-refractivity contribution in [2.45, 2.75) is 74.6 Å². The fourth-order valence-electron chi connectivity index (χ4n) is 3.04. The highest BCUT2D eigenvalue weighted by atomic mass is 16.4. The number of aliphatic hydroxyl groups excluding tert-OH is 10. The minimum Gasteiger partial charge on any atom is -0.394 e. The summed E-state index contributed by atoms with van der Waals surface area (Å²) in [5.74, 6) is 0. The third-order valence-corrected chi connectivity index (χ3v) is 5.25. The number of aliphatic hydroxyl groups is 10. The molecule has 32 heavy (non-hydrogen) atoms. The quantitative estimate of drug-likeness (QED) is 0.0779. The van der Waals surface area contributed by atoms with Crippen molar-refractivity contribution < 1.29 is 53.8 Å². The summed E-state index contributed by atoms with van der Waals surface area (Å²) in [6, 6.07) is 0.0779. The zero-order valence-corrected chi connectivity index (χ0v) is 18.3. The van der Waals surface area contributed by atoms with Gasteiger partial charge in [-0.2, -0.15) is 0 Å². The summed E-state index contributed by atoms with van der Waals surface area (Å²) in [7, 11) is 0. The lowest BCUT2D eigenvalue weighted by molar-refractivity contribution is -0.130. The van der Waals surface area contributed by atoms with Gasteiger partial charge in [0, 0.05) is 25.7 Å². The topological polar surface area (TPSA) is 244 Å². The van der Waals surface area contributed by atoms with Gasteiger partial charge in [-0.15, -0.1) is 0 Å². The molecule has 13 N–H and O–H groups in total. The summed E-state index contributed by atoms with van der Waals surface area (Å²) in [4.78, 5) is 1.37. The van der Waals surface area contributed by atoms with Crippen LogP contribution in [0.4, 0.5) is 0 Å². The van der Waals surface area contributed by atoms with E-state index < -0.39 is 75.1 Å². The van der Waals surface area contributed by atoms with Crippen LogP contribution in [0.25, 0.3) is 0 Å². The first-order valence-corrected chi connectivity index (χ1v) is 10.6. The molecule has 0 aromatic rings. The van der Waals surface area contributed by atoms with E-state index in [4.69, 9.17) is 18.7 Å². The lowest BCUT2D eigenvalue weighted by Crippen LogP contribution is -2.53.